The molecule has 7 nitrogen and oxygen atoms in total. The SMILES string of the molecule is COc1ccc(NC(=O)CCSc2c([O-])on[n+]2-c2ccccc2)cc1Cl. The molecule has 1 aromatic heterocycles. The van der Waals surface area contributed by atoms with Gasteiger partial charge in [0.2, 0.25) is 11.6 Å². The molecule has 3 rings (SSSR count). The Morgan fingerprint density at radius 3 is 2.81 bits per heavy atom. The highest BCUT2D eigenvalue weighted by molar-refractivity contribution is 7.99. The zero-order valence-electron chi connectivity index (χ0n) is 14.3. The Balaban J connectivity index is 1.58. The lowest BCUT2D eigenvalue weighted by molar-refractivity contribution is -0.705. The number of carbonyl (C=O) groups excluding carboxylic acids is 1. The van der Waals surface area contributed by atoms with Crippen LogP contribution >= 0.6 is 23.4 Å². The molecule has 2 aromatic carbocycles. The molecule has 0 bridgehead atoms. The van der Waals surface area contributed by atoms with Crippen molar-refractivity contribution in [3.05, 3.63) is 53.6 Å². The van der Waals surface area contributed by atoms with E-state index in [4.69, 9.17) is 20.9 Å². The van der Waals surface area contributed by atoms with Gasteiger partial charge in [0, 0.05) is 30.0 Å². The van der Waals surface area contributed by atoms with Crippen LogP contribution in [0, 0.1) is 0 Å². The van der Waals surface area contributed by atoms with Crippen molar-refractivity contribution >= 4 is 35.0 Å². The minimum Gasteiger partial charge on any atom is -0.538 e. The van der Waals surface area contributed by atoms with Crippen molar-refractivity contribution in [3.63, 3.8) is 0 Å². The summed E-state index contributed by atoms with van der Waals surface area (Å²) in [5.74, 6) is 0.190. The Bertz CT molecular complexity index is 934. The average molecular weight is 406 g/mol. The second-order valence-corrected chi connectivity index (χ2v) is 6.90. The molecule has 1 N–H and O–H groups in total. The first kappa shape index (κ1) is 19.1. The number of methoxy groups -OCH3 is 1. The summed E-state index contributed by atoms with van der Waals surface area (Å²) >= 11 is 7.25. The Hall–Kier alpha value is -2.71. The van der Waals surface area contributed by atoms with E-state index >= 15 is 0 Å². The Morgan fingerprint density at radius 2 is 2.11 bits per heavy atom. The van der Waals surface area contributed by atoms with Gasteiger partial charge in [0.1, 0.15) is 5.75 Å². The standard InChI is InChI=1S/C18H16ClN3O4S/c1-25-15-8-7-12(11-14(15)19)20-16(23)9-10-27-17-18(24)26-21-22(17)13-5-3-2-4-6-13/h2-8,11H,9-10H2,1H3,(H-,20,21,23,24). The summed E-state index contributed by atoms with van der Waals surface area (Å²) in [7, 11) is 1.52. The Labute approximate surface area is 164 Å². The number of hydrogen-bond acceptors (Lipinski definition) is 6. The van der Waals surface area contributed by atoms with Crippen LogP contribution in [0.5, 0.6) is 11.7 Å². The number of halogens is 1. The van der Waals surface area contributed by atoms with Crippen molar-refractivity contribution in [2.24, 2.45) is 0 Å². The lowest BCUT2D eigenvalue weighted by Crippen LogP contribution is -2.34. The normalized spacial score (nSPS) is 10.6. The lowest BCUT2D eigenvalue weighted by Gasteiger charge is -2.07. The maximum absolute atomic E-state index is 12.1. The summed E-state index contributed by atoms with van der Waals surface area (Å²) in [6.45, 7) is 0. The largest absolute Gasteiger partial charge is 0.538 e. The molecule has 0 aliphatic heterocycles. The van der Waals surface area contributed by atoms with Gasteiger partial charge in [-0.2, -0.15) is 0 Å². The van der Waals surface area contributed by atoms with Gasteiger partial charge in [-0.25, -0.2) is 0 Å². The maximum atomic E-state index is 12.1. The summed E-state index contributed by atoms with van der Waals surface area (Å²) in [6, 6.07) is 14.2. The van der Waals surface area contributed by atoms with Gasteiger partial charge in [0.25, 0.3) is 5.03 Å². The van der Waals surface area contributed by atoms with Crippen LogP contribution in [0.15, 0.2) is 58.1 Å². The third-order valence-electron chi connectivity index (χ3n) is 3.58. The number of carbonyl (C=O) groups is 1. The van der Waals surface area contributed by atoms with Gasteiger partial charge in [-0.3, -0.25) is 4.79 Å². The van der Waals surface area contributed by atoms with Crippen molar-refractivity contribution in [3.8, 4) is 17.4 Å². The summed E-state index contributed by atoms with van der Waals surface area (Å²) < 4.78 is 11.2. The predicted octanol–water partition coefficient (Wildman–Crippen LogP) is 2.81. The minimum atomic E-state index is -0.536. The molecular weight excluding hydrogens is 390 g/mol. The van der Waals surface area contributed by atoms with Crippen LogP contribution in [-0.2, 0) is 4.79 Å². The fourth-order valence-corrected chi connectivity index (χ4v) is 3.46. The second kappa shape index (κ2) is 8.79. The zero-order valence-corrected chi connectivity index (χ0v) is 15.9. The van der Waals surface area contributed by atoms with Crippen LogP contribution < -0.4 is 19.8 Å². The molecular formula is C18H16ClN3O4S. The zero-order chi connectivity index (χ0) is 19.2. The summed E-state index contributed by atoms with van der Waals surface area (Å²) in [6.07, 6.45) is 0.202. The quantitative estimate of drug-likeness (QED) is 0.480. The van der Waals surface area contributed by atoms with E-state index < -0.39 is 5.95 Å². The smallest absolute Gasteiger partial charge is 0.297 e. The molecule has 0 spiro atoms. The van der Waals surface area contributed by atoms with E-state index in [9.17, 15) is 9.90 Å². The third-order valence-corrected chi connectivity index (χ3v) is 4.89. The highest BCUT2D eigenvalue weighted by Gasteiger charge is 2.21. The number of nitrogens with zero attached hydrogens (tertiary/aromatic N) is 2. The molecule has 9 heteroatoms. The topological polar surface area (TPSA) is 91.3 Å². The number of para-hydroxylation sites is 1. The fraction of sp³-hybridized carbons (Fsp3) is 0.167. The van der Waals surface area contributed by atoms with Gasteiger partial charge in [-0.15, -0.1) is 0 Å². The van der Waals surface area contributed by atoms with Crippen molar-refractivity contribution in [2.75, 3.05) is 18.2 Å². The van der Waals surface area contributed by atoms with Gasteiger partial charge in [0.05, 0.1) is 17.4 Å². The lowest BCUT2D eigenvalue weighted by atomic mass is 10.3. The van der Waals surface area contributed by atoms with Gasteiger partial charge in [0.15, 0.2) is 5.95 Å². The van der Waals surface area contributed by atoms with E-state index in [-0.39, 0.29) is 12.3 Å². The molecule has 0 atom stereocenters. The predicted molar refractivity (Wildman–Crippen MR) is 99.5 cm³/mol. The first-order valence-electron chi connectivity index (χ1n) is 7.99. The number of rotatable bonds is 7. The van der Waals surface area contributed by atoms with Gasteiger partial charge in [-0.1, -0.05) is 41.6 Å². The highest BCUT2D eigenvalue weighted by atomic mass is 35.5. The van der Waals surface area contributed by atoms with Crippen LogP contribution in [0.25, 0.3) is 5.69 Å². The van der Waals surface area contributed by atoms with Crippen LogP contribution in [0.4, 0.5) is 5.69 Å². The van der Waals surface area contributed by atoms with Crippen molar-refractivity contribution in [2.45, 2.75) is 11.4 Å². The number of benzene rings is 2. The number of thioether (sulfide) groups is 1. The Morgan fingerprint density at radius 1 is 1.33 bits per heavy atom. The Kier molecular flexibility index (Phi) is 6.20. The number of anilines is 1. The summed E-state index contributed by atoms with van der Waals surface area (Å²) in [5.41, 5.74) is 1.29. The monoisotopic (exact) mass is 405 g/mol. The molecule has 1 amide bonds. The number of aromatic nitrogens is 2. The number of amides is 1. The number of ether oxygens (including phenoxy) is 1. The summed E-state index contributed by atoms with van der Waals surface area (Å²) in [4.78, 5) is 12.1. The van der Waals surface area contributed by atoms with E-state index in [1.54, 1.807) is 18.2 Å². The van der Waals surface area contributed by atoms with E-state index in [1.165, 1.54) is 23.6 Å². The van der Waals surface area contributed by atoms with Crippen molar-refractivity contribution in [1.82, 2.24) is 5.27 Å². The molecule has 140 valence electrons. The maximum Gasteiger partial charge on any atom is 0.297 e. The van der Waals surface area contributed by atoms with Crippen LogP contribution in [0.2, 0.25) is 5.02 Å². The first-order chi connectivity index (χ1) is 13.1. The fourth-order valence-electron chi connectivity index (χ4n) is 2.30. The molecule has 0 radical (unpaired) electrons. The van der Waals surface area contributed by atoms with Crippen LogP contribution in [-0.4, -0.2) is 24.0 Å². The molecule has 3 aromatic rings. The molecule has 0 aliphatic carbocycles. The first-order valence-corrected chi connectivity index (χ1v) is 9.35. The van der Waals surface area contributed by atoms with E-state index in [2.05, 4.69) is 10.6 Å². The molecule has 1 heterocycles. The second-order valence-electron chi connectivity index (χ2n) is 5.41. The van der Waals surface area contributed by atoms with E-state index in [0.717, 1.165) is 0 Å². The number of hydrogen-bond donors (Lipinski definition) is 1. The molecule has 0 unspecified atom stereocenters. The van der Waals surface area contributed by atoms with Crippen LogP contribution in [0.1, 0.15) is 6.42 Å². The highest BCUT2D eigenvalue weighted by Crippen LogP contribution is 2.27. The van der Waals surface area contributed by atoms with Crippen LogP contribution in [0.3, 0.4) is 0 Å². The molecule has 27 heavy (non-hydrogen) atoms. The van der Waals surface area contributed by atoms with Gasteiger partial charge >= 0.3 is 0 Å². The third kappa shape index (κ3) is 4.72. The van der Waals surface area contributed by atoms with Crippen molar-refractivity contribution in [1.29, 1.82) is 0 Å². The average Bonchev–Trinajstić information content (AvgIpc) is 3.03. The van der Waals surface area contributed by atoms with Gasteiger partial charge < -0.3 is 19.7 Å². The van der Waals surface area contributed by atoms with E-state index in [0.29, 0.717) is 32.9 Å². The van der Waals surface area contributed by atoms with E-state index in [1.807, 2.05) is 30.3 Å². The minimum absolute atomic E-state index is 0.195. The van der Waals surface area contributed by atoms with Gasteiger partial charge in [-0.05, 0) is 22.9 Å². The molecule has 0 fully saturated rings. The molecule has 0 saturated carbocycles. The molecule has 0 aliphatic rings. The summed E-state index contributed by atoms with van der Waals surface area (Å²) in [5, 5.41) is 19.1. The van der Waals surface area contributed by atoms with Crippen molar-refractivity contribution < 1.29 is 23.8 Å². The number of nitrogens with one attached hydrogen (secondary N) is 1. The molecule has 0 saturated heterocycles.